The molecule has 0 spiro atoms. The molecule has 4 rings (SSSR count). The van der Waals surface area contributed by atoms with E-state index in [0.717, 1.165) is 53.4 Å². The molecule has 3 aromatic carbocycles. The third kappa shape index (κ3) is 6.65. The van der Waals surface area contributed by atoms with E-state index >= 15 is 0 Å². The van der Waals surface area contributed by atoms with Crippen molar-refractivity contribution in [3.05, 3.63) is 95.8 Å². The molecule has 4 nitrogen and oxygen atoms in total. The van der Waals surface area contributed by atoms with Crippen molar-refractivity contribution in [2.24, 2.45) is 0 Å². The zero-order valence-electron chi connectivity index (χ0n) is 19.1. The van der Waals surface area contributed by atoms with E-state index in [1.165, 1.54) is 16.0 Å². The summed E-state index contributed by atoms with van der Waals surface area (Å²) >= 11 is 3.55. The molecule has 6 heteroatoms. The fourth-order valence-corrected chi connectivity index (χ4v) is 5.15. The fraction of sp³-hybridized carbons (Fsp3) is 0.259. The molecule has 0 bridgehead atoms. The number of aryl methyl sites for hydroxylation is 2. The first-order chi connectivity index (χ1) is 16.2. The number of aromatic nitrogens is 3. The van der Waals surface area contributed by atoms with Crippen LogP contribution in [0.2, 0.25) is 0 Å². The Morgan fingerprint density at radius 3 is 2.33 bits per heavy atom. The van der Waals surface area contributed by atoms with Crippen LogP contribution in [0.1, 0.15) is 29.8 Å². The lowest BCUT2D eigenvalue weighted by Crippen LogP contribution is -2.02. The van der Waals surface area contributed by atoms with Crippen LogP contribution in [0, 0.1) is 13.8 Å². The Balaban J connectivity index is 1.35. The van der Waals surface area contributed by atoms with E-state index in [4.69, 9.17) is 4.74 Å². The number of nitrogens with zero attached hydrogens (tertiary/aromatic N) is 3. The van der Waals surface area contributed by atoms with Gasteiger partial charge < -0.3 is 4.74 Å². The van der Waals surface area contributed by atoms with Crippen molar-refractivity contribution < 1.29 is 4.74 Å². The lowest BCUT2D eigenvalue weighted by molar-refractivity contribution is 0.308. The molecule has 0 aliphatic rings. The second kappa shape index (κ2) is 12.0. The largest absolute Gasteiger partial charge is 0.493 e. The van der Waals surface area contributed by atoms with Crippen molar-refractivity contribution in [3.63, 3.8) is 0 Å². The Morgan fingerprint density at radius 2 is 1.55 bits per heavy atom. The molecule has 0 atom stereocenters. The molecule has 1 aromatic heterocycles. The zero-order chi connectivity index (χ0) is 22.9. The standard InChI is InChI=1S/C27H29N3OS2/c1-21-14-16-24(17-15-21)33-20-26-28-29-27(30(26)23-11-4-3-5-12-23)32-19-9-8-18-31-25-13-7-6-10-22(25)2/h3-7,10-17H,8-9,18-20H2,1-2H3. The second-order valence-electron chi connectivity index (χ2n) is 7.84. The van der Waals surface area contributed by atoms with Gasteiger partial charge in [-0.1, -0.05) is 65.9 Å². The van der Waals surface area contributed by atoms with E-state index in [-0.39, 0.29) is 0 Å². The lowest BCUT2D eigenvalue weighted by Gasteiger charge is -2.11. The van der Waals surface area contributed by atoms with Crippen LogP contribution in [-0.4, -0.2) is 27.1 Å². The smallest absolute Gasteiger partial charge is 0.195 e. The van der Waals surface area contributed by atoms with Crippen LogP contribution in [0.4, 0.5) is 0 Å². The highest BCUT2D eigenvalue weighted by molar-refractivity contribution is 7.99. The maximum absolute atomic E-state index is 5.92. The third-order valence-electron chi connectivity index (χ3n) is 5.22. The average molecular weight is 476 g/mol. The first-order valence-corrected chi connectivity index (χ1v) is 13.2. The number of hydrogen-bond donors (Lipinski definition) is 0. The maximum Gasteiger partial charge on any atom is 0.195 e. The average Bonchev–Trinajstić information content (AvgIpc) is 3.25. The van der Waals surface area contributed by atoms with Crippen molar-refractivity contribution >= 4 is 23.5 Å². The molecule has 1 heterocycles. The number of unbranched alkanes of at least 4 members (excludes halogenated alkanes) is 1. The molecule has 0 saturated heterocycles. The van der Waals surface area contributed by atoms with Crippen molar-refractivity contribution in [2.45, 2.75) is 42.5 Å². The summed E-state index contributed by atoms with van der Waals surface area (Å²) in [6.45, 7) is 4.92. The van der Waals surface area contributed by atoms with Crippen molar-refractivity contribution in [3.8, 4) is 11.4 Å². The van der Waals surface area contributed by atoms with Crippen LogP contribution < -0.4 is 4.74 Å². The Bertz CT molecular complexity index is 1140. The first-order valence-electron chi connectivity index (χ1n) is 11.2. The molecule has 0 aliphatic carbocycles. The molecular formula is C27H29N3OS2. The van der Waals surface area contributed by atoms with Crippen LogP contribution in [0.15, 0.2) is 88.9 Å². The van der Waals surface area contributed by atoms with Crippen LogP contribution >= 0.6 is 23.5 Å². The van der Waals surface area contributed by atoms with Crippen molar-refractivity contribution in [2.75, 3.05) is 12.4 Å². The predicted octanol–water partition coefficient (Wildman–Crippen LogP) is 7.13. The highest BCUT2D eigenvalue weighted by atomic mass is 32.2. The minimum Gasteiger partial charge on any atom is -0.493 e. The van der Waals surface area contributed by atoms with Gasteiger partial charge in [0.05, 0.1) is 12.4 Å². The third-order valence-corrected chi connectivity index (χ3v) is 7.25. The zero-order valence-corrected chi connectivity index (χ0v) is 20.7. The molecule has 0 radical (unpaired) electrons. The van der Waals surface area contributed by atoms with E-state index in [0.29, 0.717) is 0 Å². The molecule has 0 fully saturated rings. The number of benzene rings is 3. The van der Waals surface area contributed by atoms with E-state index in [9.17, 15) is 0 Å². The maximum atomic E-state index is 5.92. The summed E-state index contributed by atoms with van der Waals surface area (Å²) in [6, 6.07) is 27.2. The van der Waals surface area contributed by atoms with Gasteiger partial charge in [-0.2, -0.15) is 0 Å². The van der Waals surface area contributed by atoms with Gasteiger partial charge in [0, 0.05) is 16.3 Å². The van der Waals surface area contributed by atoms with E-state index in [2.05, 4.69) is 83.2 Å². The molecule has 0 aliphatic heterocycles. The van der Waals surface area contributed by atoms with Crippen LogP contribution in [0.5, 0.6) is 5.75 Å². The summed E-state index contributed by atoms with van der Waals surface area (Å²) < 4.78 is 8.11. The Morgan fingerprint density at radius 1 is 0.788 bits per heavy atom. The number of rotatable bonds is 11. The first kappa shape index (κ1) is 23.5. The molecule has 170 valence electrons. The predicted molar refractivity (Wildman–Crippen MR) is 139 cm³/mol. The summed E-state index contributed by atoms with van der Waals surface area (Å²) in [4.78, 5) is 1.24. The Hall–Kier alpha value is -2.70. The molecule has 33 heavy (non-hydrogen) atoms. The fourth-order valence-electron chi connectivity index (χ4n) is 3.37. The molecule has 4 aromatic rings. The Kier molecular flexibility index (Phi) is 8.50. The normalized spacial score (nSPS) is 11.0. The van der Waals surface area contributed by atoms with Gasteiger partial charge in [0.15, 0.2) is 5.16 Å². The SMILES string of the molecule is Cc1ccc(SCc2nnc(SCCCCOc3ccccc3C)n2-c2ccccc2)cc1. The van der Waals surface area contributed by atoms with Gasteiger partial charge in [0.25, 0.3) is 0 Å². The minimum absolute atomic E-state index is 0.731. The lowest BCUT2D eigenvalue weighted by atomic mass is 10.2. The van der Waals surface area contributed by atoms with Gasteiger partial charge in [-0.05, 0) is 62.6 Å². The van der Waals surface area contributed by atoms with Crippen LogP contribution in [-0.2, 0) is 5.75 Å². The summed E-state index contributed by atoms with van der Waals surface area (Å²) in [7, 11) is 0. The summed E-state index contributed by atoms with van der Waals surface area (Å²) in [6.07, 6.45) is 2.07. The van der Waals surface area contributed by atoms with Crippen molar-refractivity contribution in [1.82, 2.24) is 14.8 Å². The van der Waals surface area contributed by atoms with Crippen LogP contribution in [0.3, 0.4) is 0 Å². The van der Waals surface area contributed by atoms with Gasteiger partial charge in [-0.15, -0.1) is 22.0 Å². The monoisotopic (exact) mass is 475 g/mol. The van der Waals surface area contributed by atoms with Crippen molar-refractivity contribution in [1.29, 1.82) is 0 Å². The van der Waals surface area contributed by atoms with Gasteiger partial charge in [-0.25, -0.2) is 0 Å². The molecule has 0 unspecified atom stereocenters. The molecule has 0 saturated carbocycles. The van der Waals surface area contributed by atoms with Gasteiger partial charge >= 0.3 is 0 Å². The number of para-hydroxylation sites is 2. The molecule has 0 amide bonds. The highest BCUT2D eigenvalue weighted by Crippen LogP contribution is 2.28. The summed E-state index contributed by atoms with van der Waals surface area (Å²) in [5, 5.41) is 10.0. The number of ether oxygens (including phenoxy) is 1. The molecular weight excluding hydrogens is 446 g/mol. The van der Waals surface area contributed by atoms with E-state index < -0.39 is 0 Å². The number of thioether (sulfide) groups is 2. The minimum atomic E-state index is 0.731. The Labute approximate surface area is 204 Å². The number of hydrogen-bond acceptors (Lipinski definition) is 5. The van der Waals surface area contributed by atoms with Gasteiger partial charge in [0.2, 0.25) is 0 Å². The summed E-state index contributed by atoms with van der Waals surface area (Å²) in [5.74, 6) is 3.70. The summed E-state index contributed by atoms with van der Waals surface area (Å²) in [5.41, 5.74) is 3.56. The van der Waals surface area contributed by atoms with Gasteiger partial charge in [-0.3, -0.25) is 4.57 Å². The van der Waals surface area contributed by atoms with Gasteiger partial charge in [0.1, 0.15) is 11.6 Å². The molecule has 0 N–H and O–H groups in total. The second-order valence-corrected chi connectivity index (χ2v) is 9.95. The van der Waals surface area contributed by atoms with Crippen LogP contribution in [0.25, 0.3) is 5.69 Å². The van der Waals surface area contributed by atoms with E-state index in [1.807, 2.05) is 24.3 Å². The topological polar surface area (TPSA) is 39.9 Å². The van der Waals surface area contributed by atoms with E-state index in [1.54, 1.807) is 23.5 Å². The highest BCUT2D eigenvalue weighted by Gasteiger charge is 2.14. The quantitative estimate of drug-likeness (QED) is 0.170.